The van der Waals surface area contributed by atoms with Gasteiger partial charge in [-0.15, -0.1) is 11.3 Å². The van der Waals surface area contributed by atoms with Crippen molar-refractivity contribution in [1.29, 1.82) is 0 Å². The zero-order valence-corrected chi connectivity index (χ0v) is 14.3. The molecule has 1 unspecified atom stereocenters. The maximum absolute atomic E-state index is 11.5. The van der Waals surface area contributed by atoms with E-state index >= 15 is 0 Å². The van der Waals surface area contributed by atoms with E-state index in [0.29, 0.717) is 5.92 Å². The molecule has 2 heterocycles. The first-order valence-corrected chi connectivity index (χ1v) is 9.76. The molecule has 0 bridgehead atoms. The van der Waals surface area contributed by atoms with Crippen molar-refractivity contribution in [2.24, 2.45) is 0 Å². The van der Waals surface area contributed by atoms with Gasteiger partial charge >= 0.3 is 0 Å². The Balaban J connectivity index is 2.16. The Labute approximate surface area is 128 Å². The molecule has 0 aromatic carbocycles. The summed E-state index contributed by atoms with van der Waals surface area (Å²) >= 11 is 1.80. The molecule has 6 heteroatoms. The van der Waals surface area contributed by atoms with E-state index in [-0.39, 0.29) is 0 Å². The van der Waals surface area contributed by atoms with E-state index in [1.807, 2.05) is 0 Å². The van der Waals surface area contributed by atoms with Crippen LogP contribution in [0.3, 0.4) is 0 Å². The molecule has 114 valence electrons. The SMILES string of the molecule is CCNCc1sc(N2CCS(=O)CC2)nc1C(C)CC. The van der Waals surface area contributed by atoms with Crippen LogP contribution >= 0.6 is 11.3 Å². The van der Waals surface area contributed by atoms with Crippen LogP contribution < -0.4 is 10.2 Å². The van der Waals surface area contributed by atoms with Crippen LogP contribution in [0, 0.1) is 0 Å². The monoisotopic (exact) mass is 315 g/mol. The Morgan fingerprint density at radius 3 is 2.70 bits per heavy atom. The third-order valence-electron chi connectivity index (χ3n) is 3.78. The molecule has 0 amide bonds. The third kappa shape index (κ3) is 3.80. The molecule has 0 saturated carbocycles. The fraction of sp³-hybridized carbons (Fsp3) is 0.786. The van der Waals surface area contributed by atoms with E-state index in [4.69, 9.17) is 4.98 Å². The molecule has 0 aliphatic carbocycles. The molecular formula is C14H25N3OS2. The fourth-order valence-corrected chi connectivity index (χ4v) is 4.51. The van der Waals surface area contributed by atoms with E-state index in [9.17, 15) is 4.21 Å². The second-order valence-corrected chi connectivity index (χ2v) is 7.99. The van der Waals surface area contributed by atoms with Crippen LogP contribution in [-0.2, 0) is 17.3 Å². The first-order valence-electron chi connectivity index (χ1n) is 7.45. The normalized spacial score (nSPS) is 18.4. The highest BCUT2D eigenvalue weighted by atomic mass is 32.2. The summed E-state index contributed by atoms with van der Waals surface area (Å²) < 4.78 is 11.5. The lowest BCUT2D eigenvalue weighted by molar-refractivity contribution is 0.669. The van der Waals surface area contributed by atoms with Gasteiger partial charge < -0.3 is 10.2 Å². The minimum Gasteiger partial charge on any atom is -0.346 e. The summed E-state index contributed by atoms with van der Waals surface area (Å²) in [5.74, 6) is 2.06. The average Bonchev–Trinajstić information content (AvgIpc) is 2.89. The van der Waals surface area contributed by atoms with Crippen molar-refractivity contribution in [2.45, 2.75) is 39.7 Å². The Hall–Kier alpha value is -0.460. The van der Waals surface area contributed by atoms with Gasteiger partial charge in [0, 0.05) is 46.8 Å². The molecule has 1 aromatic rings. The Bertz CT molecular complexity index is 451. The number of nitrogens with one attached hydrogen (secondary N) is 1. The van der Waals surface area contributed by atoms with Crippen LogP contribution in [0.2, 0.25) is 0 Å². The number of nitrogens with zero attached hydrogens (tertiary/aromatic N) is 2. The van der Waals surface area contributed by atoms with E-state index in [1.165, 1.54) is 10.6 Å². The topological polar surface area (TPSA) is 45.2 Å². The lowest BCUT2D eigenvalue weighted by Gasteiger charge is -2.25. The van der Waals surface area contributed by atoms with Crippen molar-refractivity contribution >= 4 is 27.3 Å². The quantitative estimate of drug-likeness (QED) is 0.875. The van der Waals surface area contributed by atoms with Gasteiger partial charge in [-0.1, -0.05) is 20.8 Å². The molecule has 1 aliphatic heterocycles. The summed E-state index contributed by atoms with van der Waals surface area (Å²) in [6, 6.07) is 0. The van der Waals surface area contributed by atoms with E-state index in [1.54, 1.807) is 11.3 Å². The van der Waals surface area contributed by atoms with E-state index < -0.39 is 10.8 Å². The summed E-state index contributed by atoms with van der Waals surface area (Å²) in [5, 5.41) is 4.53. The molecule has 1 aliphatic rings. The molecule has 1 fully saturated rings. The molecule has 4 nitrogen and oxygen atoms in total. The minimum absolute atomic E-state index is 0.507. The zero-order chi connectivity index (χ0) is 14.5. The zero-order valence-electron chi connectivity index (χ0n) is 12.6. The van der Waals surface area contributed by atoms with Crippen LogP contribution in [-0.4, -0.2) is 40.3 Å². The molecular weight excluding hydrogens is 290 g/mol. The predicted molar refractivity (Wildman–Crippen MR) is 88.3 cm³/mol. The van der Waals surface area contributed by atoms with Gasteiger partial charge in [-0.2, -0.15) is 0 Å². The van der Waals surface area contributed by atoms with Crippen molar-refractivity contribution < 1.29 is 4.21 Å². The van der Waals surface area contributed by atoms with Gasteiger partial charge in [0.2, 0.25) is 0 Å². The number of hydrogen-bond donors (Lipinski definition) is 1. The largest absolute Gasteiger partial charge is 0.346 e. The first kappa shape index (κ1) is 15.9. The van der Waals surface area contributed by atoms with Gasteiger partial charge in [-0.25, -0.2) is 4.98 Å². The van der Waals surface area contributed by atoms with Crippen LogP contribution in [0.1, 0.15) is 43.7 Å². The van der Waals surface area contributed by atoms with Crippen LogP contribution in [0.5, 0.6) is 0 Å². The number of rotatable bonds is 6. The molecule has 1 saturated heterocycles. The molecule has 2 rings (SSSR count). The molecule has 0 radical (unpaired) electrons. The van der Waals surface area contributed by atoms with E-state index in [2.05, 4.69) is 31.0 Å². The van der Waals surface area contributed by atoms with Gasteiger partial charge in [0.15, 0.2) is 5.13 Å². The van der Waals surface area contributed by atoms with E-state index in [0.717, 1.165) is 49.2 Å². The fourth-order valence-electron chi connectivity index (χ4n) is 2.26. The van der Waals surface area contributed by atoms with Gasteiger partial charge in [-0.3, -0.25) is 4.21 Å². The van der Waals surface area contributed by atoms with Gasteiger partial charge in [0.1, 0.15) is 0 Å². The number of anilines is 1. The average molecular weight is 316 g/mol. The van der Waals surface area contributed by atoms with Gasteiger partial charge in [-0.05, 0) is 18.9 Å². The van der Waals surface area contributed by atoms with Gasteiger partial charge in [0.25, 0.3) is 0 Å². The molecule has 20 heavy (non-hydrogen) atoms. The standard InChI is InChI=1S/C14H25N3OS2/c1-4-11(3)13-12(10-15-5-2)19-14(16-13)17-6-8-20(18)9-7-17/h11,15H,4-10H2,1-3H3. The second kappa shape index (κ2) is 7.52. The van der Waals surface area contributed by atoms with Crippen molar-refractivity contribution in [1.82, 2.24) is 10.3 Å². The highest BCUT2D eigenvalue weighted by Crippen LogP contribution is 2.32. The highest BCUT2D eigenvalue weighted by molar-refractivity contribution is 7.85. The lowest BCUT2D eigenvalue weighted by atomic mass is 10.0. The lowest BCUT2D eigenvalue weighted by Crippen LogP contribution is -2.37. The maximum atomic E-state index is 11.5. The second-order valence-electron chi connectivity index (χ2n) is 5.23. The smallest absolute Gasteiger partial charge is 0.185 e. The van der Waals surface area contributed by atoms with Crippen molar-refractivity contribution in [2.75, 3.05) is 36.0 Å². The van der Waals surface area contributed by atoms with Crippen molar-refractivity contribution in [3.63, 3.8) is 0 Å². The maximum Gasteiger partial charge on any atom is 0.185 e. The number of hydrogen-bond acceptors (Lipinski definition) is 5. The van der Waals surface area contributed by atoms with Crippen LogP contribution in [0.15, 0.2) is 0 Å². The number of aromatic nitrogens is 1. The Kier molecular flexibility index (Phi) is 5.99. The summed E-state index contributed by atoms with van der Waals surface area (Å²) in [6.45, 7) is 10.2. The van der Waals surface area contributed by atoms with Crippen LogP contribution in [0.25, 0.3) is 0 Å². The molecule has 1 N–H and O–H groups in total. The summed E-state index contributed by atoms with van der Waals surface area (Å²) in [6.07, 6.45) is 1.12. The first-order chi connectivity index (χ1) is 9.65. The third-order valence-corrected chi connectivity index (χ3v) is 6.19. The Morgan fingerprint density at radius 2 is 2.10 bits per heavy atom. The van der Waals surface area contributed by atoms with Crippen molar-refractivity contribution in [3.8, 4) is 0 Å². The highest BCUT2D eigenvalue weighted by Gasteiger charge is 2.22. The predicted octanol–water partition coefficient (Wildman–Crippen LogP) is 2.33. The number of thiazole rings is 1. The summed E-state index contributed by atoms with van der Waals surface area (Å²) in [7, 11) is -0.626. The minimum atomic E-state index is -0.626. The van der Waals surface area contributed by atoms with Crippen molar-refractivity contribution in [3.05, 3.63) is 10.6 Å². The van der Waals surface area contributed by atoms with Gasteiger partial charge in [0.05, 0.1) is 5.69 Å². The molecule has 1 atom stereocenters. The van der Waals surface area contributed by atoms with Crippen LogP contribution in [0.4, 0.5) is 5.13 Å². The Morgan fingerprint density at radius 1 is 1.40 bits per heavy atom. The summed E-state index contributed by atoms with van der Waals surface area (Å²) in [4.78, 5) is 8.55. The molecule has 1 aromatic heterocycles. The summed E-state index contributed by atoms with van der Waals surface area (Å²) in [5.41, 5.74) is 1.25. The molecule has 0 spiro atoms.